The lowest BCUT2D eigenvalue weighted by Crippen LogP contribution is -2.21. The number of benzene rings is 1. The number of hydrogen-bond acceptors (Lipinski definition) is 2. The number of nitrogens with zero attached hydrogens (tertiary/aromatic N) is 2. The fourth-order valence-corrected chi connectivity index (χ4v) is 3.68. The molecule has 0 bridgehead atoms. The van der Waals surface area contributed by atoms with Crippen LogP contribution in [0.2, 0.25) is 0 Å². The summed E-state index contributed by atoms with van der Waals surface area (Å²) in [5.41, 5.74) is 8.19. The van der Waals surface area contributed by atoms with Crippen molar-refractivity contribution in [2.45, 2.75) is 51.5 Å². The van der Waals surface area contributed by atoms with Crippen molar-refractivity contribution in [1.82, 2.24) is 9.55 Å². The van der Waals surface area contributed by atoms with Crippen LogP contribution in [0.4, 0.5) is 0 Å². The van der Waals surface area contributed by atoms with Gasteiger partial charge in [0.1, 0.15) is 5.82 Å². The molecule has 2 atom stereocenters. The average molecular weight is 271 g/mol. The molecule has 3 nitrogen and oxygen atoms in total. The monoisotopic (exact) mass is 271 g/mol. The molecule has 20 heavy (non-hydrogen) atoms. The van der Waals surface area contributed by atoms with Crippen molar-refractivity contribution < 1.29 is 0 Å². The van der Waals surface area contributed by atoms with Crippen LogP contribution in [0.25, 0.3) is 11.0 Å². The molecule has 0 aliphatic heterocycles. The third-order valence-electron chi connectivity index (χ3n) is 4.73. The zero-order chi connectivity index (χ0) is 13.9. The highest BCUT2D eigenvalue weighted by Crippen LogP contribution is 2.36. The Labute approximate surface area is 121 Å². The Hall–Kier alpha value is -1.35. The summed E-state index contributed by atoms with van der Waals surface area (Å²) in [7, 11) is 0. The summed E-state index contributed by atoms with van der Waals surface area (Å²) in [4.78, 5) is 4.81. The molecular weight excluding hydrogens is 246 g/mol. The minimum atomic E-state index is 0.614. The molecule has 0 radical (unpaired) electrons. The predicted molar refractivity (Wildman–Crippen MR) is 83.8 cm³/mol. The van der Waals surface area contributed by atoms with E-state index in [1.807, 2.05) is 0 Å². The Morgan fingerprint density at radius 3 is 2.95 bits per heavy atom. The molecule has 3 rings (SSSR count). The van der Waals surface area contributed by atoms with Crippen LogP contribution < -0.4 is 5.73 Å². The summed E-state index contributed by atoms with van der Waals surface area (Å²) in [6.07, 6.45) is 7.50. The van der Waals surface area contributed by atoms with Gasteiger partial charge in [-0.3, -0.25) is 0 Å². The first-order chi connectivity index (χ1) is 9.83. The molecular formula is C17H25N3. The highest BCUT2D eigenvalue weighted by molar-refractivity contribution is 5.76. The predicted octanol–water partition coefficient (Wildman–Crippen LogP) is 3.68. The summed E-state index contributed by atoms with van der Waals surface area (Å²) in [6, 6.07) is 9.13. The van der Waals surface area contributed by atoms with E-state index < -0.39 is 0 Å². The van der Waals surface area contributed by atoms with Gasteiger partial charge in [-0.2, -0.15) is 0 Å². The summed E-state index contributed by atoms with van der Waals surface area (Å²) >= 11 is 0. The van der Waals surface area contributed by atoms with Gasteiger partial charge in [-0.25, -0.2) is 4.98 Å². The third kappa shape index (κ3) is 2.47. The molecule has 2 unspecified atom stereocenters. The average Bonchev–Trinajstić information content (AvgIpc) is 2.85. The molecule has 108 valence electrons. The van der Waals surface area contributed by atoms with Gasteiger partial charge >= 0.3 is 0 Å². The lowest BCUT2D eigenvalue weighted by atomic mass is 9.84. The van der Waals surface area contributed by atoms with E-state index >= 15 is 0 Å². The van der Waals surface area contributed by atoms with Crippen molar-refractivity contribution in [3.05, 3.63) is 30.1 Å². The van der Waals surface area contributed by atoms with Gasteiger partial charge in [0, 0.05) is 12.5 Å². The van der Waals surface area contributed by atoms with Crippen molar-refractivity contribution >= 4 is 11.0 Å². The fourth-order valence-electron chi connectivity index (χ4n) is 3.68. The maximum atomic E-state index is 5.78. The first kappa shape index (κ1) is 13.6. The Bertz CT molecular complexity index is 573. The number of fused-ring (bicyclic) bond motifs is 1. The van der Waals surface area contributed by atoms with Gasteiger partial charge in [0.15, 0.2) is 0 Å². The van der Waals surface area contributed by atoms with Gasteiger partial charge in [-0.1, -0.05) is 38.3 Å². The fraction of sp³-hybridized carbons (Fsp3) is 0.588. The number of nitrogens with two attached hydrogens (primary N) is 1. The molecule has 0 saturated heterocycles. The van der Waals surface area contributed by atoms with E-state index in [-0.39, 0.29) is 0 Å². The standard InChI is InChI=1S/C17H25N3/c1-2-13-6-5-7-14(12-13)20-16-9-4-3-8-15(16)19-17(20)10-11-18/h3-4,8-9,13-14H,2,5-7,10-12,18H2,1H3. The minimum Gasteiger partial charge on any atom is -0.330 e. The van der Waals surface area contributed by atoms with Crippen molar-refractivity contribution in [2.75, 3.05) is 6.54 Å². The maximum absolute atomic E-state index is 5.78. The molecule has 0 amide bonds. The van der Waals surface area contributed by atoms with Gasteiger partial charge in [-0.15, -0.1) is 0 Å². The van der Waals surface area contributed by atoms with E-state index in [4.69, 9.17) is 10.7 Å². The number of imidazole rings is 1. The van der Waals surface area contributed by atoms with E-state index in [1.165, 1.54) is 43.4 Å². The van der Waals surface area contributed by atoms with Crippen LogP contribution in [-0.4, -0.2) is 16.1 Å². The SMILES string of the molecule is CCC1CCCC(n2c(CCN)nc3ccccc32)C1. The molecule has 3 heteroatoms. The van der Waals surface area contributed by atoms with Crippen LogP contribution in [0.15, 0.2) is 24.3 Å². The smallest absolute Gasteiger partial charge is 0.111 e. The minimum absolute atomic E-state index is 0.614. The summed E-state index contributed by atoms with van der Waals surface area (Å²) < 4.78 is 2.49. The molecule has 1 fully saturated rings. The van der Waals surface area contributed by atoms with Crippen molar-refractivity contribution in [1.29, 1.82) is 0 Å². The molecule has 1 saturated carbocycles. The van der Waals surface area contributed by atoms with Gasteiger partial charge in [-0.05, 0) is 37.4 Å². The van der Waals surface area contributed by atoms with E-state index in [0.717, 1.165) is 17.9 Å². The lowest BCUT2D eigenvalue weighted by molar-refractivity contribution is 0.261. The highest BCUT2D eigenvalue weighted by atomic mass is 15.1. The van der Waals surface area contributed by atoms with Gasteiger partial charge in [0.25, 0.3) is 0 Å². The Morgan fingerprint density at radius 1 is 1.30 bits per heavy atom. The zero-order valence-electron chi connectivity index (χ0n) is 12.4. The summed E-state index contributed by atoms with van der Waals surface area (Å²) in [6.45, 7) is 2.99. The highest BCUT2D eigenvalue weighted by Gasteiger charge is 2.25. The second-order valence-electron chi connectivity index (χ2n) is 6.02. The van der Waals surface area contributed by atoms with E-state index in [1.54, 1.807) is 0 Å². The first-order valence-corrected chi connectivity index (χ1v) is 7.99. The van der Waals surface area contributed by atoms with Crippen molar-refractivity contribution in [3.63, 3.8) is 0 Å². The van der Waals surface area contributed by atoms with Crippen LogP contribution in [0, 0.1) is 5.92 Å². The normalized spacial score (nSPS) is 23.3. The van der Waals surface area contributed by atoms with Crippen LogP contribution >= 0.6 is 0 Å². The molecule has 1 aliphatic carbocycles. The van der Waals surface area contributed by atoms with Crippen LogP contribution in [-0.2, 0) is 6.42 Å². The second-order valence-corrected chi connectivity index (χ2v) is 6.02. The van der Waals surface area contributed by atoms with E-state index in [2.05, 4.69) is 35.8 Å². The van der Waals surface area contributed by atoms with Gasteiger partial charge in [0.2, 0.25) is 0 Å². The summed E-state index contributed by atoms with van der Waals surface area (Å²) in [5.74, 6) is 2.05. The van der Waals surface area contributed by atoms with E-state index in [0.29, 0.717) is 12.6 Å². The van der Waals surface area contributed by atoms with Crippen LogP contribution in [0.5, 0.6) is 0 Å². The summed E-state index contributed by atoms with van der Waals surface area (Å²) in [5, 5.41) is 0. The molecule has 0 spiro atoms. The molecule has 2 aromatic rings. The van der Waals surface area contributed by atoms with Crippen LogP contribution in [0.1, 0.15) is 50.9 Å². The Balaban J connectivity index is 2.01. The first-order valence-electron chi connectivity index (χ1n) is 7.99. The Morgan fingerprint density at radius 2 is 2.15 bits per heavy atom. The van der Waals surface area contributed by atoms with Crippen molar-refractivity contribution in [3.8, 4) is 0 Å². The maximum Gasteiger partial charge on any atom is 0.111 e. The topological polar surface area (TPSA) is 43.8 Å². The lowest BCUT2D eigenvalue weighted by Gasteiger charge is -2.31. The Kier molecular flexibility index (Phi) is 4.06. The molecule has 1 aromatic heterocycles. The van der Waals surface area contributed by atoms with E-state index in [9.17, 15) is 0 Å². The van der Waals surface area contributed by atoms with Gasteiger partial charge in [0.05, 0.1) is 11.0 Å². The quantitative estimate of drug-likeness (QED) is 0.922. The number of rotatable bonds is 4. The largest absolute Gasteiger partial charge is 0.330 e. The second kappa shape index (κ2) is 5.96. The third-order valence-corrected chi connectivity index (χ3v) is 4.73. The molecule has 2 N–H and O–H groups in total. The number of hydrogen-bond donors (Lipinski definition) is 1. The number of aromatic nitrogens is 2. The molecule has 1 aliphatic rings. The van der Waals surface area contributed by atoms with Gasteiger partial charge < -0.3 is 10.3 Å². The molecule has 1 aromatic carbocycles. The van der Waals surface area contributed by atoms with Crippen molar-refractivity contribution in [2.24, 2.45) is 11.7 Å². The zero-order valence-corrected chi connectivity index (χ0v) is 12.4. The number of para-hydroxylation sites is 2. The van der Waals surface area contributed by atoms with Crippen LogP contribution in [0.3, 0.4) is 0 Å². The molecule has 1 heterocycles.